The maximum atomic E-state index is 10.5. The summed E-state index contributed by atoms with van der Waals surface area (Å²) in [4.78, 5) is 0. The van der Waals surface area contributed by atoms with E-state index < -0.39 is 0 Å². The van der Waals surface area contributed by atoms with Crippen LogP contribution in [0.2, 0.25) is 0 Å². The number of alkyl halides is 1. The van der Waals surface area contributed by atoms with Gasteiger partial charge >= 0.3 is 0 Å². The van der Waals surface area contributed by atoms with Gasteiger partial charge in [0.2, 0.25) is 0 Å². The molecule has 4 aliphatic carbocycles. The molecule has 0 aliphatic heterocycles. The molecule has 4 fully saturated rings. The van der Waals surface area contributed by atoms with Gasteiger partial charge in [0.05, 0.1) is 0 Å². The van der Waals surface area contributed by atoms with Crippen molar-refractivity contribution in [3.8, 4) is 5.75 Å². The molecule has 20 heavy (non-hydrogen) atoms. The molecule has 1 aromatic rings. The van der Waals surface area contributed by atoms with Gasteiger partial charge in [0.15, 0.2) is 0 Å². The van der Waals surface area contributed by atoms with Crippen LogP contribution in [-0.4, -0.2) is 10.4 Å². The number of aryl methyl sites for hydroxylation is 1. The minimum Gasteiger partial charge on any atom is -0.507 e. The molecule has 0 amide bonds. The van der Waals surface area contributed by atoms with Crippen molar-refractivity contribution < 1.29 is 5.11 Å². The van der Waals surface area contributed by atoms with Gasteiger partial charge in [-0.2, -0.15) is 0 Å². The molecule has 0 saturated heterocycles. The molecule has 2 heteroatoms. The maximum Gasteiger partial charge on any atom is 0.121 e. The highest BCUT2D eigenvalue weighted by molar-refractivity contribution is 9.09. The third kappa shape index (κ3) is 1.80. The van der Waals surface area contributed by atoms with Gasteiger partial charge in [0.1, 0.15) is 5.75 Å². The van der Waals surface area contributed by atoms with Crippen LogP contribution in [0.25, 0.3) is 0 Å². The van der Waals surface area contributed by atoms with Crippen LogP contribution in [0, 0.1) is 36.5 Å². The lowest BCUT2D eigenvalue weighted by molar-refractivity contribution is -0.0465. The molecule has 4 saturated carbocycles. The second-order valence-electron chi connectivity index (χ2n) is 7.35. The summed E-state index contributed by atoms with van der Waals surface area (Å²) >= 11 is 3.77. The number of phenolic OH excluding ortho intramolecular Hbond substituents is 1. The minimum absolute atomic E-state index is 0.568. The second kappa shape index (κ2) is 4.76. The zero-order valence-electron chi connectivity index (χ0n) is 12.1. The second-order valence-corrected chi connectivity index (χ2v) is 8.00. The van der Waals surface area contributed by atoms with Crippen molar-refractivity contribution in [1.82, 2.24) is 0 Å². The van der Waals surface area contributed by atoms with Gasteiger partial charge in [0.25, 0.3) is 0 Å². The zero-order chi connectivity index (χ0) is 13.9. The normalized spacial score (nSPS) is 42.1. The van der Waals surface area contributed by atoms with Crippen LogP contribution in [0.5, 0.6) is 5.75 Å². The van der Waals surface area contributed by atoms with Gasteiger partial charge in [-0.3, -0.25) is 0 Å². The van der Waals surface area contributed by atoms with E-state index in [1.807, 2.05) is 13.0 Å². The van der Waals surface area contributed by atoms with Gasteiger partial charge in [-0.25, -0.2) is 0 Å². The Morgan fingerprint density at radius 2 is 1.95 bits per heavy atom. The third-order valence-corrected chi connectivity index (χ3v) is 7.16. The van der Waals surface area contributed by atoms with Crippen LogP contribution in [-0.2, 0) is 0 Å². The number of hydrogen-bond donors (Lipinski definition) is 1. The van der Waals surface area contributed by atoms with Gasteiger partial charge < -0.3 is 5.11 Å². The summed E-state index contributed by atoms with van der Waals surface area (Å²) in [6.45, 7) is 2.02. The van der Waals surface area contributed by atoms with Gasteiger partial charge in [-0.15, -0.1) is 0 Å². The topological polar surface area (TPSA) is 20.2 Å². The molecule has 6 unspecified atom stereocenters. The molecule has 0 spiro atoms. The summed E-state index contributed by atoms with van der Waals surface area (Å²) < 4.78 is 0. The van der Waals surface area contributed by atoms with Crippen molar-refractivity contribution in [1.29, 1.82) is 0 Å². The van der Waals surface area contributed by atoms with Gasteiger partial charge in [-0.05, 0) is 79.2 Å². The fourth-order valence-corrected chi connectivity index (χ4v) is 6.73. The summed E-state index contributed by atoms with van der Waals surface area (Å²) in [6.07, 6.45) is 5.65. The summed E-state index contributed by atoms with van der Waals surface area (Å²) in [6, 6.07) is 6.33. The van der Waals surface area contributed by atoms with E-state index in [1.165, 1.54) is 31.2 Å². The smallest absolute Gasteiger partial charge is 0.121 e. The number of rotatable bonds is 2. The highest BCUT2D eigenvalue weighted by Gasteiger charge is 2.53. The summed E-state index contributed by atoms with van der Waals surface area (Å²) in [7, 11) is 0. The van der Waals surface area contributed by atoms with Gasteiger partial charge in [0, 0.05) is 5.33 Å². The Morgan fingerprint density at radius 3 is 2.75 bits per heavy atom. The first-order valence-corrected chi connectivity index (χ1v) is 9.15. The average molecular weight is 335 g/mol. The van der Waals surface area contributed by atoms with Crippen LogP contribution < -0.4 is 0 Å². The van der Waals surface area contributed by atoms with E-state index in [1.54, 1.807) is 0 Å². The van der Waals surface area contributed by atoms with Crippen molar-refractivity contribution in [2.75, 3.05) is 5.33 Å². The molecule has 0 heterocycles. The molecule has 6 atom stereocenters. The molecule has 1 aromatic carbocycles. The summed E-state index contributed by atoms with van der Waals surface area (Å²) in [5.41, 5.74) is 2.27. The summed E-state index contributed by atoms with van der Waals surface area (Å²) in [5, 5.41) is 11.7. The van der Waals surface area contributed by atoms with Crippen molar-refractivity contribution >= 4 is 15.9 Å². The lowest BCUT2D eigenvalue weighted by Crippen LogP contribution is -2.50. The van der Waals surface area contributed by atoms with Crippen LogP contribution in [0.3, 0.4) is 0 Å². The van der Waals surface area contributed by atoms with Crippen LogP contribution in [0.15, 0.2) is 18.2 Å². The van der Waals surface area contributed by atoms with E-state index in [9.17, 15) is 5.11 Å². The fraction of sp³-hybridized carbons (Fsp3) is 0.667. The van der Waals surface area contributed by atoms with Crippen molar-refractivity contribution in [2.45, 2.75) is 38.5 Å². The molecule has 4 aliphatic rings. The van der Waals surface area contributed by atoms with Crippen molar-refractivity contribution in [3.63, 3.8) is 0 Å². The van der Waals surface area contributed by atoms with Crippen LogP contribution >= 0.6 is 15.9 Å². The number of phenols is 1. The van der Waals surface area contributed by atoms with Crippen LogP contribution in [0.1, 0.15) is 42.7 Å². The molecule has 1 N–H and O–H groups in total. The number of aromatic hydroxyl groups is 1. The average Bonchev–Trinajstić information content (AvgIpc) is 2.43. The quantitative estimate of drug-likeness (QED) is 0.765. The molecular formula is C18H23BrO. The minimum atomic E-state index is 0.568. The Labute approximate surface area is 129 Å². The molecule has 0 aromatic heterocycles. The lowest BCUT2D eigenvalue weighted by atomic mass is 9.47. The SMILES string of the molecule is Cc1cccc(C2C3CC4CC(C3)C(CBr)C2C4)c1O. The largest absolute Gasteiger partial charge is 0.507 e. The Bertz CT molecular complexity index is 526. The number of halogens is 1. The van der Waals surface area contributed by atoms with E-state index in [0.29, 0.717) is 11.7 Å². The number of benzene rings is 1. The van der Waals surface area contributed by atoms with E-state index in [0.717, 1.165) is 40.5 Å². The molecule has 4 bridgehead atoms. The van der Waals surface area contributed by atoms with Crippen LogP contribution in [0.4, 0.5) is 0 Å². The zero-order valence-corrected chi connectivity index (χ0v) is 13.6. The van der Waals surface area contributed by atoms with E-state index in [2.05, 4.69) is 28.1 Å². The molecule has 0 radical (unpaired) electrons. The summed E-state index contributed by atoms with van der Waals surface area (Å²) in [5.74, 6) is 5.53. The van der Waals surface area contributed by atoms with Gasteiger partial charge in [-0.1, -0.05) is 34.1 Å². The Hall–Kier alpha value is -0.500. The predicted molar refractivity (Wildman–Crippen MR) is 85.3 cm³/mol. The highest BCUT2D eigenvalue weighted by Crippen LogP contribution is 2.63. The van der Waals surface area contributed by atoms with E-state index in [4.69, 9.17) is 0 Å². The first-order valence-electron chi connectivity index (χ1n) is 8.03. The van der Waals surface area contributed by atoms with E-state index in [-0.39, 0.29) is 0 Å². The first-order chi connectivity index (χ1) is 9.69. The lowest BCUT2D eigenvalue weighted by Gasteiger charge is -2.58. The van der Waals surface area contributed by atoms with E-state index >= 15 is 0 Å². The number of hydrogen-bond acceptors (Lipinski definition) is 1. The Kier molecular flexibility index (Phi) is 3.14. The fourth-order valence-electron chi connectivity index (χ4n) is 5.72. The molecular weight excluding hydrogens is 312 g/mol. The first kappa shape index (κ1) is 13.2. The number of para-hydroxylation sites is 1. The van der Waals surface area contributed by atoms with Crippen molar-refractivity contribution in [3.05, 3.63) is 29.3 Å². The molecule has 5 rings (SSSR count). The molecule has 108 valence electrons. The highest BCUT2D eigenvalue weighted by atomic mass is 79.9. The molecule has 1 nitrogen and oxygen atoms in total. The standard InChI is InChI=1S/C18H23BrO/c1-10-3-2-4-14(18(10)20)17-13-6-11-5-12(8-13)16(9-19)15(17)7-11/h2-4,11-13,15-17,20H,5-9H2,1H3. The Balaban J connectivity index is 1.76. The monoisotopic (exact) mass is 334 g/mol. The maximum absolute atomic E-state index is 10.5. The van der Waals surface area contributed by atoms with Crippen molar-refractivity contribution in [2.24, 2.45) is 29.6 Å². The third-order valence-electron chi connectivity index (χ3n) is 6.41. The predicted octanol–water partition coefficient (Wildman–Crippen LogP) is 4.86. The Morgan fingerprint density at radius 1 is 1.15 bits per heavy atom.